The molecule has 8 heteroatoms. The SMILES string of the molecule is COc1ccccc1N1CC(C(=O)NCCNC(=O)c2ccccc2Cl)CC1=O. The molecular weight excluding hydrogens is 394 g/mol. The van der Waals surface area contributed by atoms with Gasteiger partial charge in [-0.25, -0.2) is 0 Å². The van der Waals surface area contributed by atoms with Gasteiger partial charge in [0.15, 0.2) is 0 Å². The van der Waals surface area contributed by atoms with Gasteiger partial charge < -0.3 is 20.3 Å². The molecule has 0 aromatic heterocycles. The molecule has 2 aromatic rings. The molecule has 3 rings (SSSR count). The van der Waals surface area contributed by atoms with Crippen molar-refractivity contribution >= 4 is 35.0 Å². The highest BCUT2D eigenvalue weighted by Gasteiger charge is 2.36. The van der Waals surface area contributed by atoms with Crippen molar-refractivity contribution in [3.05, 3.63) is 59.1 Å². The summed E-state index contributed by atoms with van der Waals surface area (Å²) in [4.78, 5) is 38.5. The second-order valence-corrected chi connectivity index (χ2v) is 7.01. The van der Waals surface area contributed by atoms with Gasteiger partial charge in [0.05, 0.1) is 29.3 Å². The van der Waals surface area contributed by atoms with Crippen LogP contribution in [0.25, 0.3) is 0 Å². The van der Waals surface area contributed by atoms with Crippen molar-refractivity contribution in [2.75, 3.05) is 31.6 Å². The predicted octanol–water partition coefficient (Wildman–Crippen LogP) is 2.25. The molecule has 0 radical (unpaired) electrons. The number of para-hydroxylation sites is 2. The Morgan fingerprint density at radius 2 is 1.79 bits per heavy atom. The van der Waals surface area contributed by atoms with Crippen molar-refractivity contribution in [2.24, 2.45) is 5.92 Å². The summed E-state index contributed by atoms with van der Waals surface area (Å²) in [6.07, 6.45) is 0.135. The molecule has 2 aromatic carbocycles. The fraction of sp³-hybridized carbons (Fsp3) is 0.286. The Labute approximate surface area is 174 Å². The molecule has 152 valence electrons. The number of hydrogen-bond acceptors (Lipinski definition) is 4. The van der Waals surface area contributed by atoms with Crippen molar-refractivity contribution in [2.45, 2.75) is 6.42 Å². The molecule has 1 aliphatic heterocycles. The first-order chi connectivity index (χ1) is 14.0. The van der Waals surface area contributed by atoms with Crippen LogP contribution >= 0.6 is 11.6 Å². The molecule has 2 N–H and O–H groups in total. The van der Waals surface area contributed by atoms with E-state index in [1.807, 2.05) is 12.1 Å². The van der Waals surface area contributed by atoms with E-state index in [0.717, 1.165) is 0 Å². The molecule has 1 atom stereocenters. The van der Waals surface area contributed by atoms with Gasteiger partial charge in [0.2, 0.25) is 11.8 Å². The van der Waals surface area contributed by atoms with Gasteiger partial charge in [0, 0.05) is 26.1 Å². The Morgan fingerprint density at radius 3 is 2.55 bits per heavy atom. The van der Waals surface area contributed by atoms with Crippen LogP contribution < -0.4 is 20.3 Å². The number of carbonyl (C=O) groups is 3. The van der Waals surface area contributed by atoms with E-state index in [2.05, 4.69) is 10.6 Å². The summed E-state index contributed by atoms with van der Waals surface area (Å²) in [5, 5.41) is 5.85. The molecule has 0 saturated carbocycles. The number of anilines is 1. The van der Waals surface area contributed by atoms with Gasteiger partial charge in [-0.3, -0.25) is 14.4 Å². The molecule has 1 unspecified atom stereocenters. The maximum Gasteiger partial charge on any atom is 0.252 e. The Morgan fingerprint density at radius 1 is 1.10 bits per heavy atom. The van der Waals surface area contributed by atoms with Crippen LogP contribution in [0.1, 0.15) is 16.8 Å². The second-order valence-electron chi connectivity index (χ2n) is 6.60. The van der Waals surface area contributed by atoms with Gasteiger partial charge in [0.25, 0.3) is 5.91 Å². The lowest BCUT2D eigenvalue weighted by atomic mass is 10.1. The minimum absolute atomic E-state index is 0.123. The number of halogens is 1. The highest BCUT2D eigenvalue weighted by Crippen LogP contribution is 2.32. The van der Waals surface area contributed by atoms with Gasteiger partial charge in [0.1, 0.15) is 5.75 Å². The molecule has 0 aliphatic carbocycles. The molecule has 3 amide bonds. The van der Waals surface area contributed by atoms with Crippen LogP contribution in [0.5, 0.6) is 5.75 Å². The summed E-state index contributed by atoms with van der Waals surface area (Å²) < 4.78 is 5.30. The van der Waals surface area contributed by atoms with Crippen LogP contribution in [-0.2, 0) is 9.59 Å². The van der Waals surface area contributed by atoms with Crippen molar-refractivity contribution in [3.63, 3.8) is 0 Å². The number of benzene rings is 2. The first-order valence-electron chi connectivity index (χ1n) is 9.25. The number of methoxy groups -OCH3 is 1. The second kappa shape index (κ2) is 9.43. The summed E-state index contributed by atoms with van der Waals surface area (Å²) >= 11 is 5.99. The highest BCUT2D eigenvalue weighted by molar-refractivity contribution is 6.33. The van der Waals surface area contributed by atoms with Crippen LogP contribution in [-0.4, -0.2) is 44.5 Å². The van der Waals surface area contributed by atoms with E-state index < -0.39 is 5.92 Å². The minimum Gasteiger partial charge on any atom is -0.495 e. The van der Waals surface area contributed by atoms with Crippen LogP contribution in [0.3, 0.4) is 0 Å². The van der Waals surface area contributed by atoms with E-state index in [1.165, 1.54) is 0 Å². The van der Waals surface area contributed by atoms with E-state index in [4.69, 9.17) is 16.3 Å². The average molecular weight is 416 g/mol. The van der Waals surface area contributed by atoms with Gasteiger partial charge in [-0.2, -0.15) is 0 Å². The quantitative estimate of drug-likeness (QED) is 0.679. The number of nitrogens with one attached hydrogen (secondary N) is 2. The molecule has 1 heterocycles. The van der Waals surface area contributed by atoms with Gasteiger partial charge in [-0.05, 0) is 24.3 Å². The average Bonchev–Trinajstić information content (AvgIpc) is 3.12. The third kappa shape index (κ3) is 4.86. The standard InChI is InChI=1S/C21H22ClN3O4/c1-29-18-9-5-4-8-17(18)25-13-14(12-19(25)26)20(27)23-10-11-24-21(28)15-6-2-3-7-16(15)22/h2-9,14H,10-13H2,1H3,(H,23,27)(H,24,28). The lowest BCUT2D eigenvalue weighted by Gasteiger charge is -2.19. The third-order valence-electron chi connectivity index (χ3n) is 4.70. The topological polar surface area (TPSA) is 87.7 Å². The normalized spacial score (nSPS) is 15.9. The van der Waals surface area contributed by atoms with E-state index in [-0.39, 0.29) is 43.8 Å². The summed E-state index contributed by atoms with van der Waals surface area (Å²) in [5.74, 6) is -0.511. The monoisotopic (exact) mass is 415 g/mol. The van der Waals surface area contributed by atoms with Gasteiger partial charge in [-0.15, -0.1) is 0 Å². The molecule has 0 bridgehead atoms. The molecule has 1 saturated heterocycles. The predicted molar refractivity (Wildman–Crippen MR) is 110 cm³/mol. The molecule has 7 nitrogen and oxygen atoms in total. The Hall–Kier alpha value is -3.06. The first kappa shape index (κ1) is 20.7. The Kier molecular flexibility index (Phi) is 6.72. The van der Waals surface area contributed by atoms with Gasteiger partial charge in [-0.1, -0.05) is 35.9 Å². The number of hydrogen-bond donors (Lipinski definition) is 2. The lowest BCUT2D eigenvalue weighted by Crippen LogP contribution is -2.38. The molecule has 1 fully saturated rings. The van der Waals surface area contributed by atoms with Crippen LogP contribution in [0.4, 0.5) is 5.69 Å². The Balaban J connectivity index is 1.49. The number of carbonyl (C=O) groups excluding carboxylic acids is 3. The zero-order chi connectivity index (χ0) is 20.8. The zero-order valence-corrected chi connectivity index (χ0v) is 16.7. The largest absolute Gasteiger partial charge is 0.495 e. The van der Waals surface area contributed by atoms with E-state index >= 15 is 0 Å². The molecule has 0 spiro atoms. The van der Waals surface area contributed by atoms with E-state index in [1.54, 1.807) is 48.4 Å². The summed E-state index contributed by atoms with van der Waals surface area (Å²) in [7, 11) is 1.54. The summed E-state index contributed by atoms with van der Waals surface area (Å²) in [6.45, 7) is 0.804. The highest BCUT2D eigenvalue weighted by atomic mass is 35.5. The fourth-order valence-corrected chi connectivity index (χ4v) is 3.44. The van der Waals surface area contributed by atoms with Crippen molar-refractivity contribution in [3.8, 4) is 5.75 Å². The van der Waals surface area contributed by atoms with Crippen molar-refractivity contribution < 1.29 is 19.1 Å². The lowest BCUT2D eigenvalue weighted by molar-refractivity contribution is -0.126. The van der Waals surface area contributed by atoms with Gasteiger partial charge >= 0.3 is 0 Å². The maximum atomic E-state index is 12.4. The van der Waals surface area contributed by atoms with Crippen molar-refractivity contribution in [1.82, 2.24) is 10.6 Å². The molecular formula is C21H22ClN3O4. The molecule has 1 aliphatic rings. The number of rotatable bonds is 7. The maximum absolute atomic E-state index is 12.4. The smallest absolute Gasteiger partial charge is 0.252 e. The van der Waals surface area contributed by atoms with E-state index in [9.17, 15) is 14.4 Å². The number of nitrogens with zero attached hydrogens (tertiary/aromatic N) is 1. The summed E-state index contributed by atoms with van der Waals surface area (Å²) in [5.41, 5.74) is 1.04. The van der Waals surface area contributed by atoms with Crippen LogP contribution in [0.2, 0.25) is 5.02 Å². The zero-order valence-electron chi connectivity index (χ0n) is 16.0. The Bertz CT molecular complexity index is 918. The van der Waals surface area contributed by atoms with Crippen LogP contribution in [0.15, 0.2) is 48.5 Å². The minimum atomic E-state index is -0.452. The van der Waals surface area contributed by atoms with Crippen LogP contribution in [0, 0.1) is 5.92 Å². The number of amides is 3. The number of ether oxygens (including phenoxy) is 1. The first-order valence-corrected chi connectivity index (χ1v) is 9.63. The third-order valence-corrected chi connectivity index (χ3v) is 5.03. The fourth-order valence-electron chi connectivity index (χ4n) is 3.22. The summed E-state index contributed by atoms with van der Waals surface area (Å²) in [6, 6.07) is 14.0. The van der Waals surface area contributed by atoms with E-state index in [0.29, 0.717) is 22.0 Å². The van der Waals surface area contributed by atoms with Crippen molar-refractivity contribution in [1.29, 1.82) is 0 Å². The molecule has 29 heavy (non-hydrogen) atoms.